The highest BCUT2D eigenvalue weighted by Gasteiger charge is 2.26. The van der Waals surface area contributed by atoms with Gasteiger partial charge in [-0.25, -0.2) is 17.4 Å². The summed E-state index contributed by atoms with van der Waals surface area (Å²) in [6.45, 7) is 2.44. The summed E-state index contributed by atoms with van der Waals surface area (Å²) >= 11 is 0. The lowest BCUT2D eigenvalue weighted by Gasteiger charge is -2.32. The first kappa shape index (κ1) is 27.7. The van der Waals surface area contributed by atoms with Gasteiger partial charge in [0.2, 0.25) is 0 Å². The van der Waals surface area contributed by atoms with Gasteiger partial charge < -0.3 is 9.64 Å². The van der Waals surface area contributed by atoms with Gasteiger partial charge >= 0.3 is 0 Å². The first-order valence-electron chi connectivity index (χ1n) is 15.3. The number of hydrogen-bond donors (Lipinski definition) is 0. The maximum atomic E-state index is 13.9. The number of piperidine rings is 1. The van der Waals surface area contributed by atoms with Crippen LogP contribution in [0.5, 0.6) is 0 Å². The molecule has 5 aromatic rings. The Kier molecular flexibility index (Phi) is 7.72. The molecule has 0 atom stereocenters. The molecule has 4 heterocycles. The van der Waals surface area contributed by atoms with Crippen molar-refractivity contribution in [3.05, 3.63) is 90.3 Å². The zero-order chi connectivity index (χ0) is 32.7. The van der Waals surface area contributed by atoms with E-state index in [1.54, 1.807) is 54.9 Å². The smallest absolute Gasteiger partial charge is 0.296 e. The lowest BCUT2D eigenvalue weighted by atomic mass is 10.1. The van der Waals surface area contributed by atoms with E-state index in [2.05, 4.69) is 9.88 Å². The van der Waals surface area contributed by atoms with Gasteiger partial charge in [-0.05, 0) is 75.6 Å². The van der Waals surface area contributed by atoms with Crippen LogP contribution in [0.1, 0.15) is 33.1 Å². The molecule has 0 unspecified atom stereocenters. The number of ether oxygens (including phenoxy) is 1. The highest BCUT2D eigenvalue weighted by molar-refractivity contribution is 7.90. The molecular formula is C32H34N4O6S2. The summed E-state index contributed by atoms with van der Waals surface area (Å²) in [5.41, 5.74) is 2.65. The molecule has 6 rings (SSSR count). The van der Waals surface area contributed by atoms with Crippen molar-refractivity contribution in [2.24, 2.45) is 0 Å². The SMILES string of the molecule is [2H]C([2H])(CCOC1CCN(c2ccc3c4cnccc4n(S(=O)(=O)c4ccc(C)cc4)c3n2)CC1)OS(=O)(=O)c1ccc(C)cc1. The molecule has 1 aliphatic rings. The van der Waals surface area contributed by atoms with Gasteiger partial charge in [-0.2, -0.15) is 8.42 Å². The second-order valence-corrected chi connectivity index (χ2v) is 14.2. The minimum atomic E-state index is -4.27. The molecule has 0 aliphatic carbocycles. The summed E-state index contributed by atoms with van der Waals surface area (Å²) < 4.78 is 81.2. The van der Waals surface area contributed by atoms with Crippen LogP contribution in [0.2, 0.25) is 0 Å². The first-order chi connectivity index (χ1) is 21.8. The highest BCUT2D eigenvalue weighted by Crippen LogP contribution is 2.33. The van der Waals surface area contributed by atoms with Crippen molar-refractivity contribution in [3.63, 3.8) is 0 Å². The Hall–Kier alpha value is -3.84. The number of nitrogens with zero attached hydrogens (tertiary/aromatic N) is 4. The number of aromatic nitrogens is 3. The first-order valence-corrected chi connectivity index (χ1v) is 17.2. The molecule has 44 heavy (non-hydrogen) atoms. The zero-order valence-electron chi connectivity index (χ0n) is 26.4. The quantitative estimate of drug-likeness (QED) is 0.190. The van der Waals surface area contributed by atoms with Crippen molar-refractivity contribution in [1.82, 2.24) is 13.9 Å². The fourth-order valence-corrected chi connectivity index (χ4v) is 7.60. The van der Waals surface area contributed by atoms with Crippen LogP contribution in [0.3, 0.4) is 0 Å². The molecule has 0 bridgehead atoms. The van der Waals surface area contributed by atoms with Gasteiger partial charge in [-0.1, -0.05) is 35.4 Å². The van der Waals surface area contributed by atoms with Crippen molar-refractivity contribution < 1.29 is 28.5 Å². The third-order valence-electron chi connectivity index (χ3n) is 7.72. The average molecular weight is 637 g/mol. The van der Waals surface area contributed by atoms with Crippen LogP contribution in [0.15, 0.2) is 88.9 Å². The van der Waals surface area contributed by atoms with Gasteiger partial charge in [0.05, 0.1) is 30.7 Å². The molecule has 0 N–H and O–H groups in total. The fraction of sp³-hybridized carbons (Fsp3) is 0.312. The van der Waals surface area contributed by atoms with Crippen molar-refractivity contribution in [3.8, 4) is 0 Å². The molecule has 10 nitrogen and oxygen atoms in total. The molecule has 12 heteroatoms. The Morgan fingerprint density at radius 3 is 2.20 bits per heavy atom. The van der Waals surface area contributed by atoms with E-state index in [-0.39, 0.29) is 28.9 Å². The van der Waals surface area contributed by atoms with E-state index in [0.717, 1.165) is 11.1 Å². The van der Waals surface area contributed by atoms with E-state index >= 15 is 0 Å². The van der Waals surface area contributed by atoms with E-state index in [4.69, 9.17) is 16.6 Å². The van der Waals surface area contributed by atoms with Gasteiger partial charge in [0.15, 0.2) is 5.65 Å². The van der Waals surface area contributed by atoms with E-state index in [1.807, 2.05) is 26.0 Å². The summed E-state index contributed by atoms with van der Waals surface area (Å²) in [5, 5.41) is 1.37. The molecular weight excluding hydrogens is 601 g/mol. The van der Waals surface area contributed by atoms with Crippen LogP contribution >= 0.6 is 0 Å². The monoisotopic (exact) mass is 636 g/mol. The van der Waals surface area contributed by atoms with Crippen molar-refractivity contribution >= 4 is 47.9 Å². The number of fused-ring (bicyclic) bond motifs is 3. The van der Waals surface area contributed by atoms with Gasteiger partial charge in [0, 0.05) is 42.9 Å². The number of benzene rings is 2. The van der Waals surface area contributed by atoms with E-state index < -0.39 is 26.7 Å². The lowest BCUT2D eigenvalue weighted by molar-refractivity contribution is 0.0310. The third-order valence-corrected chi connectivity index (χ3v) is 10.6. The van der Waals surface area contributed by atoms with Crippen LogP contribution in [-0.2, 0) is 29.1 Å². The van der Waals surface area contributed by atoms with Crippen molar-refractivity contribution in [1.29, 1.82) is 0 Å². The molecule has 2 aromatic carbocycles. The Morgan fingerprint density at radius 1 is 0.864 bits per heavy atom. The molecule has 230 valence electrons. The van der Waals surface area contributed by atoms with Gasteiger partial charge in [0.25, 0.3) is 20.1 Å². The van der Waals surface area contributed by atoms with Crippen LogP contribution in [0.25, 0.3) is 21.9 Å². The number of hydrogen-bond acceptors (Lipinski definition) is 9. The lowest BCUT2D eigenvalue weighted by Crippen LogP contribution is -2.37. The molecule has 1 saturated heterocycles. The summed E-state index contributed by atoms with van der Waals surface area (Å²) in [5.74, 6) is 0.633. The molecule has 0 radical (unpaired) electrons. The van der Waals surface area contributed by atoms with E-state index in [9.17, 15) is 16.8 Å². The standard InChI is InChI=1S/C32H34N4O6S2/c1-23-4-8-26(9-5-23)43(37,38)36-30-14-17-33-22-29(30)28-12-13-31(34-32(28)36)35-18-15-25(16-19-35)41-20-3-21-42-44(39,40)27-10-6-24(2)7-11-27/h4-14,17,22,25H,3,15-16,18-21H2,1-2H3/i21D2. The molecule has 1 fully saturated rings. The highest BCUT2D eigenvalue weighted by atomic mass is 32.2. The maximum absolute atomic E-state index is 13.9. The van der Waals surface area contributed by atoms with Gasteiger partial charge in [-0.15, -0.1) is 0 Å². The summed E-state index contributed by atoms with van der Waals surface area (Å²) in [6.07, 6.45) is 4.04. The fourth-order valence-electron chi connectivity index (χ4n) is 5.32. The van der Waals surface area contributed by atoms with Crippen LogP contribution in [0.4, 0.5) is 5.82 Å². The summed E-state index contributed by atoms with van der Waals surface area (Å²) in [6, 6.07) is 18.2. The maximum Gasteiger partial charge on any atom is 0.296 e. The number of pyridine rings is 2. The minimum Gasteiger partial charge on any atom is -0.378 e. The molecule has 0 spiro atoms. The molecule has 1 aliphatic heterocycles. The Bertz CT molecular complexity index is 2090. The Labute approximate surface area is 260 Å². The van der Waals surface area contributed by atoms with E-state index in [1.165, 1.54) is 16.1 Å². The molecule has 0 amide bonds. The largest absolute Gasteiger partial charge is 0.378 e. The topological polar surface area (TPSA) is 121 Å². The number of rotatable bonds is 10. The van der Waals surface area contributed by atoms with Crippen LogP contribution in [0, 0.1) is 13.8 Å². The summed E-state index contributed by atoms with van der Waals surface area (Å²) in [4.78, 5) is 11.2. The van der Waals surface area contributed by atoms with Crippen LogP contribution < -0.4 is 4.90 Å². The number of aryl methyl sites for hydroxylation is 2. The van der Waals surface area contributed by atoms with Crippen LogP contribution in [-0.4, -0.2) is 63.1 Å². The predicted molar refractivity (Wildman–Crippen MR) is 169 cm³/mol. The van der Waals surface area contributed by atoms with E-state index in [0.29, 0.717) is 53.7 Å². The number of anilines is 1. The third kappa shape index (κ3) is 6.07. The summed E-state index contributed by atoms with van der Waals surface area (Å²) in [7, 11) is -8.23. The normalized spacial score (nSPS) is 15.9. The Balaban J connectivity index is 1.13. The van der Waals surface area contributed by atoms with Gasteiger partial charge in [-0.3, -0.25) is 9.17 Å². The predicted octanol–water partition coefficient (Wildman–Crippen LogP) is 5.22. The zero-order valence-corrected chi connectivity index (χ0v) is 26.0. The molecule has 0 saturated carbocycles. The minimum absolute atomic E-state index is 0.0176. The Morgan fingerprint density at radius 2 is 1.52 bits per heavy atom. The van der Waals surface area contributed by atoms with Gasteiger partial charge in [0.1, 0.15) is 5.82 Å². The van der Waals surface area contributed by atoms with Crippen molar-refractivity contribution in [2.45, 2.75) is 49.0 Å². The second kappa shape index (κ2) is 12.3. The average Bonchev–Trinajstić information content (AvgIpc) is 3.36. The second-order valence-electron chi connectivity index (χ2n) is 10.8. The molecule has 3 aromatic heterocycles. The van der Waals surface area contributed by atoms with Crippen molar-refractivity contribution in [2.75, 3.05) is 31.2 Å².